The average Bonchev–Trinajstić information content (AvgIpc) is 2.68. The minimum atomic E-state index is -0.0130. The number of thiophene rings is 1. The van der Waals surface area contributed by atoms with Crippen LogP contribution in [0.15, 0.2) is 37.0 Å². The maximum atomic E-state index is 12.3. The van der Waals surface area contributed by atoms with Gasteiger partial charge in [0.25, 0.3) is 0 Å². The summed E-state index contributed by atoms with van der Waals surface area (Å²) < 4.78 is 7.64. The van der Waals surface area contributed by atoms with E-state index in [0.717, 1.165) is 12.7 Å². The molecular weight excluding hydrogens is 448 g/mol. The van der Waals surface area contributed by atoms with Gasteiger partial charge in [0.15, 0.2) is 0 Å². The van der Waals surface area contributed by atoms with Crippen molar-refractivity contribution in [3.05, 3.63) is 47.4 Å². The Kier molecular flexibility index (Phi) is 4.64. The van der Waals surface area contributed by atoms with Crippen LogP contribution in [0.5, 0.6) is 5.75 Å². The highest BCUT2D eigenvalue weighted by molar-refractivity contribution is 9.13. The van der Waals surface area contributed by atoms with E-state index in [9.17, 15) is 4.79 Å². The molecule has 0 fully saturated rings. The van der Waals surface area contributed by atoms with Gasteiger partial charge in [0, 0.05) is 14.5 Å². The van der Waals surface area contributed by atoms with Crippen LogP contribution in [-0.4, -0.2) is 12.9 Å². The van der Waals surface area contributed by atoms with E-state index >= 15 is 0 Å². The number of halogens is 3. The molecule has 0 saturated heterocycles. The van der Waals surface area contributed by atoms with Crippen LogP contribution in [-0.2, 0) is 0 Å². The number of ether oxygens (including phenoxy) is 1. The predicted octanol–water partition coefficient (Wildman–Crippen LogP) is 5.28. The van der Waals surface area contributed by atoms with Gasteiger partial charge >= 0.3 is 0 Å². The molecule has 0 amide bonds. The fraction of sp³-hybridized carbons (Fsp3) is 0.0833. The molecule has 0 aliphatic heterocycles. The van der Waals surface area contributed by atoms with Crippen LogP contribution in [0.2, 0.25) is 0 Å². The van der Waals surface area contributed by atoms with Crippen molar-refractivity contribution in [2.75, 3.05) is 7.11 Å². The van der Waals surface area contributed by atoms with Crippen molar-refractivity contribution in [3.8, 4) is 5.75 Å². The monoisotopic (exact) mass is 452 g/mol. The zero-order valence-electron chi connectivity index (χ0n) is 9.17. The minimum Gasteiger partial charge on any atom is -0.497 e. The lowest BCUT2D eigenvalue weighted by molar-refractivity contribution is 0.104. The Morgan fingerprint density at radius 1 is 1.17 bits per heavy atom. The van der Waals surface area contributed by atoms with Gasteiger partial charge in [-0.2, -0.15) is 0 Å². The second kappa shape index (κ2) is 5.86. The minimum absolute atomic E-state index is 0.0130. The van der Waals surface area contributed by atoms with Gasteiger partial charge in [-0.05, 0) is 72.1 Å². The fourth-order valence-electron chi connectivity index (χ4n) is 1.40. The van der Waals surface area contributed by atoms with Gasteiger partial charge < -0.3 is 4.74 Å². The first-order valence-corrected chi connectivity index (χ1v) is 8.05. The van der Waals surface area contributed by atoms with E-state index in [-0.39, 0.29) is 5.78 Å². The molecule has 0 bridgehead atoms. The molecule has 0 aliphatic carbocycles. The molecule has 94 valence electrons. The van der Waals surface area contributed by atoms with Gasteiger partial charge in [-0.15, -0.1) is 11.3 Å². The zero-order valence-corrected chi connectivity index (χ0v) is 14.7. The summed E-state index contributed by atoms with van der Waals surface area (Å²) in [6.45, 7) is 0. The Morgan fingerprint density at radius 2 is 1.89 bits per heavy atom. The SMILES string of the molecule is COc1ccc(C(=O)c2cc(Br)c(Br)s2)c(Br)c1. The highest BCUT2D eigenvalue weighted by Crippen LogP contribution is 2.34. The molecule has 0 atom stereocenters. The van der Waals surface area contributed by atoms with Crippen LogP contribution in [0.25, 0.3) is 0 Å². The fourth-order valence-corrected chi connectivity index (χ4v) is 3.93. The Morgan fingerprint density at radius 3 is 2.39 bits per heavy atom. The summed E-state index contributed by atoms with van der Waals surface area (Å²) in [6.07, 6.45) is 0. The largest absolute Gasteiger partial charge is 0.497 e. The Balaban J connectivity index is 2.40. The molecule has 0 saturated carbocycles. The van der Waals surface area contributed by atoms with Gasteiger partial charge in [0.1, 0.15) is 5.75 Å². The number of hydrogen-bond acceptors (Lipinski definition) is 3. The van der Waals surface area contributed by atoms with Gasteiger partial charge in [0.2, 0.25) is 5.78 Å². The molecule has 0 spiro atoms. The van der Waals surface area contributed by atoms with Crippen molar-refractivity contribution < 1.29 is 9.53 Å². The van der Waals surface area contributed by atoms with Crippen molar-refractivity contribution in [2.45, 2.75) is 0 Å². The van der Waals surface area contributed by atoms with E-state index in [1.165, 1.54) is 11.3 Å². The predicted molar refractivity (Wildman–Crippen MR) is 83.8 cm³/mol. The molecule has 0 radical (unpaired) electrons. The quantitative estimate of drug-likeness (QED) is 0.590. The van der Waals surface area contributed by atoms with Gasteiger partial charge in [0.05, 0.1) is 15.8 Å². The standard InChI is InChI=1S/C12H7Br3O2S/c1-17-6-2-3-7(8(13)4-6)11(16)10-5-9(14)12(15)18-10/h2-5H,1H3. The number of carbonyl (C=O) groups is 1. The third kappa shape index (κ3) is 2.87. The lowest BCUT2D eigenvalue weighted by atomic mass is 10.1. The van der Waals surface area contributed by atoms with Crippen molar-refractivity contribution in [1.82, 2.24) is 0 Å². The Hall–Kier alpha value is -0.170. The number of carbonyl (C=O) groups excluding carboxylic acids is 1. The molecule has 1 heterocycles. The van der Waals surface area contributed by atoms with Crippen LogP contribution >= 0.6 is 59.1 Å². The summed E-state index contributed by atoms with van der Waals surface area (Å²) in [5.74, 6) is 0.702. The highest BCUT2D eigenvalue weighted by Gasteiger charge is 2.17. The van der Waals surface area contributed by atoms with E-state index in [2.05, 4.69) is 47.8 Å². The number of ketones is 1. The van der Waals surface area contributed by atoms with Crippen molar-refractivity contribution in [1.29, 1.82) is 0 Å². The molecule has 0 aliphatic rings. The van der Waals surface area contributed by atoms with Crippen LogP contribution in [0.3, 0.4) is 0 Å². The molecule has 2 aromatic rings. The first-order valence-electron chi connectivity index (χ1n) is 4.86. The second-order valence-electron chi connectivity index (χ2n) is 3.41. The normalized spacial score (nSPS) is 10.4. The van der Waals surface area contributed by atoms with Gasteiger partial charge in [-0.25, -0.2) is 0 Å². The lowest BCUT2D eigenvalue weighted by Gasteiger charge is -2.04. The number of methoxy groups -OCH3 is 1. The van der Waals surface area contributed by atoms with Crippen LogP contribution in [0.4, 0.5) is 0 Å². The molecule has 0 N–H and O–H groups in total. The van der Waals surface area contributed by atoms with Crippen molar-refractivity contribution >= 4 is 64.9 Å². The van der Waals surface area contributed by atoms with E-state index in [0.29, 0.717) is 16.2 Å². The van der Waals surface area contributed by atoms with Crippen molar-refractivity contribution in [2.24, 2.45) is 0 Å². The third-order valence-electron chi connectivity index (χ3n) is 2.29. The molecule has 18 heavy (non-hydrogen) atoms. The Bertz CT molecular complexity index is 588. The summed E-state index contributed by atoms with van der Waals surface area (Å²) in [5.41, 5.74) is 0.622. The van der Waals surface area contributed by atoms with Crippen LogP contribution in [0.1, 0.15) is 15.2 Å². The maximum Gasteiger partial charge on any atom is 0.204 e. The van der Waals surface area contributed by atoms with Crippen molar-refractivity contribution in [3.63, 3.8) is 0 Å². The molecular formula is C12H7Br3O2S. The number of benzene rings is 1. The first kappa shape index (κ1) is 14.2. The summed E-state index contributed by atoms with van der Waals surface area (Å²) in [5, 5.41) is 0. The molecule has 2 nitrogen and oxygen atoms in total. The van der Waals surface area contributed by atoms with E-state index in [1.54, 1.807) is 25.3 Å². The highest BCUT2D eigenvalue weighted by atomic mass is 79.9. The average molecular weight is 455 g/mol. The summed E-state index contributed by atoms with van der Waals surface area (Å²) >= 11 is 11.6. The van der Waals surface area contributed by atoms with Gasteiger partial charge in [-0.3, -0.25) is 4.79 Å². The maximum absolute atomic E-state index is 12.3. The van der Waals surface area contributed by atoms with E-state index < -0.39 is 0 Å². The number of rotatable bonds is 3. The summed E-state index contributed by atoms with van der Waals surface area (Å²) in [7, 11) is 1.59. The van der Waals surface area contributed by atoms with Crippen LogP contribution in [0, 0.1) is 0 Å². The van der Waals surface area contributed by atoms with Gasteiger partial charge in [-0.1, -0.05) is 0 Å². The first-order chi connectivity index (χ1) is 8.52. The van der Waals surface area contributed by atoms with Crippen LogP contribution < -0.4 is 4.74 Å². The third-order valence-corrected chi connectivity index (χ3v) is 6.20. The van der Waals surface area contributed by atoms with E-state index in [1.807, 2.05) is 6.07 Å². The molecule has 1 aromatic carbocycles. The molecule has 2 rings (SSSR count). The second-order valence-corrected chi connectivity index (χ2v) is 7.49. The zero-order chi connectivity index (χ0) is 13.3. The molecule has 0 unspecified atom stereocenters. The smallest absolute Gasteiger partial charge is 0.204 e. The van der Waals surface area contributed by atoms with E-state index in [4.69, 9.17) is 4.74 Å². The Labute approximate surface area is 134 Å². The molecule has 1 aromatic heterocycles. The topological polar surface area (TPSA) is 26.3 Å². The molecule has 6 heteroatoms. The summed E-state index contributed by atoms with van der Waals surface area (Å²) in [6, 6.07) is 7.13. The summed E-state index contributed by atoms with van der Waals surface area (Å²) in [4.78, 5) is 13.0. The number of hydrogen-bond donors (Lipinski definition) is 0. The lowest BCUT2D eigenvalue weighted by Crippen LogP contribution is -2.00.